The van der Waals surface area contributed by atoms with Gasteiger partial charge in [0.15, 0.2) is 5.16 Å². The number of imide groups is 1. The van der Waals surface area contributed by atoms with E-state index in [1.165, 1.54) is 16.7 Å². The van der Waals surface area contributed by atoms with E-state index in [9.17, 15) is 9.59 Å². The van der Waals surface area contributed by atoms with Crippen molar-refractivity contribution in [2.45, 2.75) is 43.1 Å². The van der Waals surface area contributed by atoms with E-state index in [0.29, 0.717) is 19.1 Å². The minimum Gasteiger partial charge on any atom is -0.336 e. The van der Waals surface area contributed by atoms with Crippen molar-refractivity contribution in [1.29, 1.82) is 0 Å². The zero-order chi connectivity index (χ0) is 14.3. The number of urea groups is 1. The SMILES string of the molecule is Cc1nnc(S[C@H](C)C(=O)N2CCNC2=O)n1C1CC1. The van der Waals surface area contributed by atoms with E-state index in [1.807, 2.05) is 6.92 Å². The smallest absolute Gasteiger partial charge is 0.324 e. The first kappa shape index (κ1) is 13.4. The third-order valence-corrected chi connectivity index (χ3v) is 4.54. The van der Waals surface area contributed by atoms with E-state index in [4.69, 9.17) is 0 Å². The Morgan fingerprint density at radius 1 is 1.45 bits per heavy atom. The van der Waals surface area contributed by atoms with E-state index in [1.54, 1.807) is 6.92 Å². The fourth-order valence-corrected chi connectivity index (χ4v) is 3.32. The zero-order valence-electron chi connectivity index (χ0n) is 11.5. The van der Waals surface area contributed by atoms with E-state index in [-0.39, 0.29) is 17.2 Å². The first-order valence-corrected chi connectivity index (χ1v) is 7.63. The van der Waals surface area contributed by atoms with Crippen LogP contribution in [0.4, 0.5) is 4.79 Å². The summed E-state index contributed by atoms with van der Waals surface area (Å²) in [6.45, 7) is 4.70. The lowest BCUT2D eigenvalue weighted by Crippen LogP contribution is -2.39. The van der Waals surface area contributed by atoms with E-state index >= 15 is 0 Å². The van der Waals surface area contributed by atoms with Gasteiger partial charge in [0.2, 0.25) is 5.91 Å². The molecule has 0 radical (unpaired) electrons. The van der Waals surface area contributed by atoms with E-state index < -0.39 is 0 Å². The molecule has 1 aliphatic heterocycles. The second-order valence-corrected chi connectivity index (χ2v) is 6.42. The molecule has 8 heteroatoms. The van der Waals surface area contributed by atoms with Crippen molar-refractivity contribution in [3.05, 3.63) is 5.82 Å². The molecule has 0 aromatic carbocycles. The largest absolute Gasteiger partial charge is 0.336 e. The summed E-state index contributed by atoms with van der Waals surface area (Å²) in [7, 11) is 0. The highest BCUT2D eigenvalue weighted by Crippen LogP contribution is 2.39. The van der Waals surface area contributed by atoms with Crippen LogP contribution in [-0.4, -0.2) is 49.9 Å². The number of amides is 3. The molecule has 0 bridgehead atoms. The van der Waals surface area contributed by atoms with Gasteiger partial charge in [-0.1, -0.05) is 11.8 Å². The van der Waals surface area contributed by atoms with E-state index in [2.05, 4.69) is 20.1 Å². The normalized spacial score (nSPS) is 20.1. The van der Waals surface area contributed by atoms with Gasteiger partial charge in [-0.3, -0.25) is 9.69 Å². The Bertz CT molecular complexity index is 554. The maximum absolute atomic E-state index is 12.3. The van der Waals surface area contributed by atoms with Crippen molar-refractivity contribution in [2.24, 2.45) is 0 Å². The van der Waals surface area contributed by atoms with Crippen LogP contribution < -0.4 is 5.32 Å². The summed E-state index contributed by atoms with van der Waals surface area (Å²) in [5.41, 5.74) is 0. The molecule has 108 valence electrons. The molecule has 1 saturated heterocycles. The molecule has 3 rings (SSSR count). The van der Waals surface area contributed by atoms with Crippen LogP contribution in [0.1, 0.15) is 31.6 Å². The molecule has 1 aromatic rings. The van der Waals surface area contributed by atoms with Crippen LogP contribution in [0.25, 0.3) is 0 Å². The highest BCUT2D eigenvalue weighted by Gasteiger charge is 2.33. The summed E-state index contributed by atoms with van der Waals surface area (Å²) in [6, 6.07) is 0.173. The first-order chi connectivity index (χ1) is 9.58. The van der Waals surface area contributed by atoms with Crippen molar-refractivity contribution in [2.75, 3.05) is 13.1 Å². The first-order valence-electron chi connectivity index (χ1n) is 6.75. The van der Waals surface area contributed by atoms with Crippen LogP contribution in [0.2, 0.25) is 0 Å². The Labute approximate surface area is 121 Å². The molecule has 2 fully saturated rings. The minimum atomic E-state index is -0.347. The number of nitrogens with zero attached hydrogens (tertiary/aromatic N) is 4. The second kappa shape index (κ2) is 5.08. The quantitative estimate of drug-likeness (QED) is 0.837. The van der Waals surface area contributed by atoms with Crippen molar-refractivity contribution in [1.82, 2.24) is 25.0 Å². The number of rotatable bonds is 4. The molecule has 1 atom stereocenters. The van der Waals surface area contributed by atoms with Crippen LogP contribution >= 0.6 is 11.8 Å². The van der Waals surface area contributed by atoms with Gasteiger partial charge in [-0.05, 0) is 26.7 Å². The fourth-order valence-electron chi connectivity index (χ4n) is 2.29. The molecule has 2 aliphatic rings. The summed E-state index contributed by atoms with van der Waals surface area (Å²) < 4.78 is 2.10. The number of hydrogen-bond acceptors (Lipinski definition) is 5. The molecule has 20 heavy (non-hydrogen) atoms. The predicted molar refractivity (Wildman–Crippen MR) is 73.5 cm³/mol. The zero-order valence-corrected chi connectivity index (χ0v) is 12.3. The molecule has 1 saturated carbocycles. The molecule has 2 heterocycles. The Kier molecular flexibility index (Phi) is 3.41. The molecule has 1 aliphatic carbocycles. The molecule has 1 N–H and O–H groups in total. The maximum atomic E-state index is 12.3. The van der Waals surface area contributed by atoms with E-state index in [0.717, 1.165) is 23.8 Å². The van der Waals surface area contributed by atoms with Gasteiger partial charge in [-0.25, -0.2) is 4.79 Å². The molecule has 0 unspecified atom stereocenters. The Balaban J connectivity index is 1.71. The topological polar surface area (TPSA) is 80.1 Å². The Hall–Kier alpha value is -1.57. The number of aromatic nitrogens is 3. The van der Waals surface area contributed by atoms with Crippen LogP contribution in [0.3, 0.4) is 0 Å². The summed E-state index contributed by atoms with van der Waals surface area (Å²) >= 11 is 1.37. The van der Waals surface area contributed by atoms with Gasteiger partial charge in [-0.15, -0.1) is 10.2 Å². The number of hydrogen-bond donors (Lipinski definition) is 1. The molecular formula is C12H17N5O2S. The third kappa shape index (κ3) is 2.39. The number of carbonyl (C=O) groups excluding carboxylic acids is 2. The second-order valence-electron chi connectivity index (χ2n) is 5.11. The van der Waals surface area contributed by atoms with Crippen molar-refractivity contribution >= 4 is 23.7 Å². The molecule has 3 amide bonds. The monoisotopic (exact) mass is 295 g/mol. The minimum absolute atomic E-state index is 0.173. The van der Waals surface area contributed by atoms with Crippen molar-refractivity contribution in [3.63, 3.8) is 0 Å². The molecule has 7 nitrogen and oxygen atoms in total. The van der Waals surface area contributed by atoms with Crippen LogP contribution in [0.5, 0.6) is 0 Å². The van der Waals surface area contributed by atoms with Crippen LogP contribution in [-0.2, 0) is 4.79 Å². The lowest BCUT2D eigenvalue weighted by Gasteiger charge is -2.17. The van der Waals surface area contributed by atoms with Gasteiger partial charge in [0, 0.05) is 19.1 Å². The average Bonchev–Trinajstić information content (AvgIpc) is 3.06. The standard InChI is InChI=1S/C12H17N5O2S/c1-7(10(18)16-6-5-13-11(16)19)20-12-15-14-8(2)17(12)9-3-4-9/h7,9H,3-6H2,1-2H3,(H,13,19)/t7-/m1/s1. The van der Waals surface area contributed by atoms with Gasteiger partial charge >= 0.3 is 6.03 Å². The van der Waals surface area contributed by atoms with Gasteiger partial charge in [-0.2, -0.15) is 0 Å². The van der Waals surface area contributed by atoms with Gasteiger partial charge in [0.1, 0.15) is 5.82 Å². The molecule has 1 aromatic heterocycles. The van der Waals surface area contributed by atoms with Gasteiger partial charge in [0.05, 0.1) is 5.25 Å². The van der Waals surface area contributed by atoms with Crippen molar-refractivity contribution < 1.29 is 9.59 Å². The third-order valence-electron chi connectivity index (χ3n) is 3.50. The molecular weight excluding hydrogens is 278 g/mol. The molecule has 0 spiro atoms. The highest BCUT2D eigenvalue weighted by atomic mass is 32.2. The number of carbonyl (C=O) groups is 2. The van der Waals surface area contributed by atoms with Crippen molar-refractivity contribution in [3.8, 4) is 0 Å². The summed E-state index contributed by atoms with van der Waals surface area (Å²) in [5.74, 6) is 0.710. The summed E-state index contributed by atoms with van der Waals surface area (Å²) in [5, 5.41) is 11.3. The van der Waals surface area contributed by atoms with Gasteiger partial charge < -0.3 is 9.88 Å². The predicted octanol–water partition coefficient (Wildman–Crippen LogP) is 0.954. The maximum Gasteiger partial charge on any atom is 0.324 e. The lowest BCUT2D eigenvalue weighted by atomic mass is 10.4. The fraction of sp³-hybridized carbons (Fsp3) is 0.667. The summed E-state index contributed by atoms with van der Waals surface area (Å²) in [6.07, 6.45) is 2.28. The number of aryl methyl sites for hydroxylation is 1. The Morgan fingerprint density at radius 3 is 2.80 bits per heavy atom. The van der Waals surface area contributed by atoms with Crippen LogP contribution in [0, 0.1) is 6.92 Å². The number of thioether (sulfide) groups is 1. The number of nitrogens with one attached hydrogen (secondary N) is 1. The average molecular weight is 295 g/mol. The van der Waals surface area contributed by atoms with Crippen LogP contribution in [0.15, 0.2) is 5.16 Å². The van der Waals surface area contributed by atoms with Gasteiger partial charge in [0.25, 0.3) is 0 Å². The lowest BCUT2D eigenvalue weighted by molar-refractivity contribution is -0.126. The Morgan fingerprint density at radius 2 is 2.20 bits per heavy atom. The highest BCUT2D eigenvalue weighted by molar-refractivity contribution is 8.00. The summed E-state index contributed by atoms with van der Waals surface area (Å²) in [4.78, 5) is 25.0.